The Hall–Kier alpha value is -2.64. The zero-order chi connectivity index (χ0) is 19.7. The predicted molar refractivity (Wildman–Crippen MR) is 103 cm³/mol. The first kappa shape index (κ1) is 18.7. The van der Waals surface area contributed by atoms with E-state index < -0.39 is 11.6 Å². The highest BCUT2D eigenvalue weighted by Gasteiger charge is 2.43. The molecule has 6 nitrogen and oxygen atoms in total. The van der Waals surface area contributed by atoms with E-state index in [0.29, 0.717) is 0 Å². The Balaban J connectivity index is 1.62. The fourth-order valence-electron chi connectivity index (χ4n) is 4.73. The normalized spacial score (nSPS) is 21.0. The van der Waals surface area contributed by atoms with Gasteiger partial charge in [0.25, 0.3) is 0 Å². The van der Waals surface area contributed by atoms with Crippen molar-refractivity contribution in [3.8, 4) is 0 Å². The van der Waals surface area contributed by atoms with Gasteiger partial charge in [-0.15, -0.1) is 0 Å². The number of rotatable bonds is 4. The first-order chi connectivity index (χ1) is 13.5. The van der Waals surface area contributed by atoms with Gasteiger partial charge in [-0.05, 0) is 37.2 Å². The molecule has 2 aromatic heterocycles. The van der Waals surface area contributed by atoms with E-state index in [9.17, 15) is 8.78 Å². The minimum atomic E-state index is -0.611. The Bertz CT molecular complexity index is 894. The minimum Gasteiger partial charge on any atom is -0.383 e. The molecule has 0 radical (unpaired) electrons. The largest absolute Gasteiger partial charge is 0.383 e. The van der Waals surface area contributed by atoms with Gasteiger partial charge in [0.05, 0.1) is 12.4 Å². The smallest absolute Gasteiger partial charge is 0.183 e. The molecule has 4 N–H and O–H groups in total. The topological polar surface area (TPSA) is 101 Å². The van der Waals surface area contributed by atoms with Gasteiger partial charge < -0.3 is 11.1 Å². The second kappa shape index (κ2) is 7.41. The second-order valence-electron chi connectivity index (χ2n) is 7.86. The average Bonchev–Trinajstić information content (AvgIpc) is 3.16. The zero-order valence-electron chi connectivity index (χ0n) is 15.6. The lowest BCUT2D eigenvalue weighted by atomic mass is 9.69. The van der Waals surface area contributed by atoms with E-state index in [-0.39, 0.29) is 40.2 Å². The van der Waals surface area contributed by atoms with Crippen LogP contribution in [0.3, 0.4) is 0 Å². The van der Waals surface area contributed by atoms with E-state index in [1.807, 2.05) is 0 Å². The third-order valence-corrected chi connectivity index (χ3v) is 6.19. The molecule has 1 unspecified atom stereocenters. The van der Waals surface area contributed by atoms with Crippen LogP contribution in [0.4, 0.5) is 20.4 Å². The van der Waals surface area contributed by atoms with Crippen molar-refractivity contribution in [3.63, 3.8) is 0 Å². The number of hydrogen-bond donors (Lipinski definition) is 3. The molecular formula is C20H24F2N6. The van der Waals surface area contributed by atoms with Crippen molar-refractivity contribution in [1.29, 1.82) is 5.41 Å². The molecule has 28 heavy (non-hydrogen) atoms. The van der Waals surface area contributed by atoms with Crippen LogP contribution in [-0.4, -0.2) is 26.7 Å². The number of nitrogen functional groups attached to an aromatic ring is 1. The number of nitrogens with zero attached hydrogens (tertiary/aromatic N) is 3. The van der Waals surface area contributed by atoms with Crippen LogP contribution in [0.5, 0.6) is 0 Å². The lowest BCUT2D eigenvalue weighted by Crippen LogP contribution is -2.41. The quantitative estimate of drug-likeness (QED) is 0.688. The van der Waals surface area contributed by atoms with Gasteiger partial charge in [-0.3, -0.25) is 5.41 Å². The fourth-order valence-corrected chi connectivity index (χ4v) is 4.73. The van der Waals surface area contributed by atoms with Crippen molar-refractivity contribution in [1.82, 2.24) is 15.0 Å². The molecule has 2 aliphatic carbocycles. The lowest BCUT2D eigenvalue weighted by molar-refractivity contribution is 0.172. The minimum absolute atomic E-state index is 0.00558. The molecular weight excluding hydrogens is 362 g/mol. The highest BCUT2D eigenvalue weighted by Crippen LogP contribution is 2.49. The first-order valence-electron chi connectivity index (χ1n) is 9.78. The summed E-state index contributed by atoms with van der Waals surface area (Å²) in [4.78, 5) is 11.9. The molecule has 0 aliphatic heterocycles. The molecule has 2 heterocycles. The highest BCUT2D eigenvalue weighted by molar-refractivity contribution is 6.11. The molecule has 0 saturated heterocycles. The van der Waals surface area contributed by atoms with Crippen LogP contribution < -0.4 is 11.1 Å². The number of anilines is 2. The van der Waals surface area contributed by atoms with Gasteiger partial charge in [0, 0.05) is 11.6 Å². The summed E-state index contributed by atoms with van der Waals surface area (Å²) < 4.78 is 28.0. The number of nitrogens with two attached hydrogens (primary N) is 1. The second-order valence-corrected chi connectivity index (χ2v) is 7.86. The number of nitrogens with one attached hydrogen (secondary N) is 2. The molecule has 2 fully saturated rings. The van der Waals surface area contributed by atoms with Crippen molar-refractivity contribution >= 4 is 17.3 Å². The molecule has 1 spiro atoms. The van der Waals surface area contributed by atoms with Crippen LogP contribution in [0.25, 0.3) is 0 Å². The number of pyridine rings is 1. The van der Waals surface area contributed by atoms with Gasteiger partial charge in [0.15, 0.2) is 17.5 Å². The molecule has 4 rings (SSSR count). The summed E-state index contributed by atoms with van der Waals surface area (Å²) in [6.45, 7) is 0. The van der Waals surface area contributed by atoms with E-state index in [4.69, 9.17) is 11.1 Å². The van der Waals surface area contributed by atoms with E-state index in [1.165, 1.54) is 19.3 Å². The summed E-state index contributed by atoms with van der Waals surface area (Å²) in [5.74, 6) is -1.08. The van der Waals surface area contributed by atoms with E-state index >= 15 is 0 Å². The maximum absolute atomic E-state index is 14.5. The summed E-state index contributed by atoms with van der Waals surface area (Å²) in [6, 6.07) is 1.27. The summed E-state index contributed by atoms with van der Waals surface area (Å²) >= 11 is 0. The van der Waals surface area contributed by atoms with Gasteiger partial charge >= 0.3 is 0 Å². The maximum atomic E-state index is 14.5. The standard InChI is InChI=1S/C20H24F2N6/c21-12-9-13(17(24)25-10-12)16(23)19-26-11-14(22)18(28-19)27-15-5-1-2-6-20(15)7-3-4-8-20/h9-11,15,23H,1-8H2,(H2,24,25)(H,26,27,28). The molecule has 8 heteroatoms. The lowest BCUT2D eigenvalue weighted by Gasteiger charge is -2.42. The van der Waals surface area contributed by atoms with Crippen LogP contribution in [0.15, 0.2) is 18.5 Å². The van der Waals surface area contributed by atoms with Crippen molar-refractivity contribution in [2.24, 2.45) is 5.41 Å². The molecule has 148 valence electrons. The molecule has 2 saturated carbocycles. The summed E-state index contributed by atoms with van der Waals surface area (Å²) in [5, 5.41) is 11.6. The van der Waals surface area contributed by atoms with Crippen molar-refractivity contribution < 1.29 is 8.78 Å². The molecule has 0 amide bonds. The zero-order valence-corrected chi connectivity index (χ0v) is 15.6. The van der Waals surface area contributed by atoms with Crippen molar-refractivity contribution in [3.05, 3.63) is 41.5 Å². The molecule has 0 bridgehead atoms. The van der Waals surface area contributed by atoms with Crippen LogP contribution >= 0.6 is 0 Å². The van der Waals surface area contributed by atoms with Gasteiger partial charge in [-0.1, -0.05) is 25.7 Å². The molecule has 2 aromatic rings. The summed E-state index contributed by atoms with van der Waals surface area (Å²) in [6.07, 6.45) is 11.2. The predicted octanol–water partition coefficient (Wildman–Crippen LogP) is 4.06. The maximum Gasteiger partial charge on any atom is 0.183 e. The van der Waals surface area contributed by atoms with Gasteiger partial charge in [-0.25, -0.2) is 23.7 Å². The van der Waals surface area contributed by atoms with Gasteiger partial charge in [0.1, 0.15) is 17.3 Å². The van der Waals surface area contributed by atoms with Gasteiger partial charge in [0.2, 0.25) is 0 Å². The van der Waals surface area contributed by atoms with Crippen molar-refractivity contribution in [2.75, 3.05) is 11.1 Å². The third kappa shape index (κ3) is 3.43. The Morgan fingerprint density at radius 3 is 2.57 bits per heavy atom. The SMILES string of the molecule is N=C(c1ncc(F)c(NC2CCCCC23CCCC3)n1)c1cc(F)cnc1N. The average molecular weight is 386 g/mol. The number of halogens is 2. The highest BCUT2D eigenvalue weighted by atomic mass is 19.1. The van der Waals surface area contributed by atoms with Crippen molar-refractivity contribution in [2.45, 2.75) is 57.4 Å². The van der Waals surface area contributed by atoms with Crippen LogP contribution in [0, 0.1) is 22.5 Å². The third-order valence-electron chi connectivity index (χ3n) is 6.19. The summed E-state index contributed by atoms with van der Waals surface area (Å²) in [7, 11) is 0. The monoisotopic (exact) mass is 386 g/mol. The Labute approximate surface area is 162 Å². The van der Waals surface area contributed by atoms with Crippen LogP contribution in [0.2, 0.25) is 0 Å². The van der Waals surface area contributed by atoms with E-state index in [2.05, 4.69) is 20.3 Å². The van der Waals surface area contributed by atoms with Gasteiger partial charge in [-0.2, -0.15) is 0 Å². The molecule has 0 aromatic carbocycles. The number of hydrogen-bond acceptors (Lipinski definition) is 6. The van der Waals surface area contributed by atoms with E-state index in [0.717, 1.165) is 50.6 Å². The first-order valence-corrected chi connectivity index (χ1v) is 9.78. The summed E-state index contributed by atoms with van der Waals surface area (Å²) in [5.41, 5.74) is 5.87. The Morgan fingerprint density at radius 1 is 1.11 bits per heavy atom. The van der Waals surface area contributed by atoms with E-state index in [1.54, 1.807) is 0 Å². The fraction of sp³-hybridized carbons (Fsp3) is 0.500. The molecule has 1 atom stereocenters. The van der Waals surface area contributed by atoms with Crippen LogP contribution in [-0.2, 0) is 0 Å². The molecule has 2 aliphatic rings. The number of aromatic nitrogens is 3. The van der Waals surface area contributed by atoms with Crippen LogP contribution in [0.1, 0.15) is 62.8 Å². The Kier molecular flexibility index (Phi) is 4.95. The Morgan fingerprint density at radius 2 is 1.82 bits per heavy atom.